The van der Waals surface area contributed by atoms with Crippen LogP contribution in [0.15, 0.2) is 84.9 Å². The van der Waals surface area contributed by atoms with E-state index >= 15 is 0 Å². The van der Waals surface area contributed by atoms with Crippen molar-refractivity contribution in [1.29, 1.82) is 0 Å². The summed E-state index contributed by atoms with van der Waals surface area (Å²) >= 11 is 0. The summed E-state index contributed by atoms with van der Waals surface area (Å²) in [5.74, 6) is -0.305. The van der Waals surface area contributed by atoms with Crippen LogP contribution in [0.5, 0.6) is 0 Å². The minimum atomic E-state index is -0.343. The molecule has 3 heteroatoms. The van der Waals surface area contributed by atoms with Gasteiger partial charge >= 0.3 is 0 Å². The lowest BCUT2D eigenvalue weighted by atomic mass is 9.88. The Hall–Kier alpha value is -2.94. The second-order valence-corrected chi connectivity index (χ2v) is 5.93. The van der Waals surface area contributed by atoms with Crippen LogP contribution in [0.1, 0.15) is 33.8 Å². The molecule has 0 saturated carbocycles. The van der Waals surface area contributed by atoms with Gasteiger partial charge in [0, 0.05) is 18.0 Å². The average molecular weight is 333 g/mol. The molecule has 0 heterocycles. The first-order chi connectivity index (χ1) is 12.2. The molecule has 0 atom stereocenters. The molecule has 0 saturated heterocycles. The molecule has 1 amide bonds. The van der Waals surface area contributed by atoms with Gasteiger partial charge in [-0.15, -0.1) is 0 Å². The van der Waals surface area contributed by atoms with Crippen molar-refractivity contribution < 1.29 is 9.18 Å². The quantitative estimate of drug-likeness (QED) is 0.691. The van der Waals surface area contributed by atoms with E-state index < -0.39 is 0 Å². The van der Waals surface area contributed by atoms with E-state index in [0.29, 0.717) is 12.1 Å². The Kier molecular flexibility index (Phi) is 5.57. The number of halogens is 1. The highest BCUT2D eigenvalue weighted by atomic mass is 19.1. The summed E-state index contributed by atoms with van der Waals surface area (Å²) in [6, 6.07) is 26.2. The molecule has 0 aromatic heterocycles. The molecule has 3 aromatic carbocycles. The number of carbonyl (C=O) groups is 1. The molecule has 0 spiro atoms. The van der Waals surface area contributed by atoms with Crippen LogP contribution in [0.25, 0.3) is 0 Å². The molecular formula is C22H20FNO. The van der Waals surface area contributed by atoms with Crippen LogP contribution >= 0.6 is 0 Å². The maximum Gasteiger partial charge on any atom is 0.251 e. The van der Waals surface area contributed by atoms with Crippen molar-refractivity contribution in [2.45, 2.75) is 12.3 Å². The molecule has 0 aliphatic rings. The van der Waals surface area contributed by atoms with E-state index in [9.17, 15) is 9.18 Å². The van der Waals surface area contributed by atoms with Gasteiger partial charge in [0.05, 0.1) is 0 Å². The Morgan fingerprint density at radius 1 is 0.800 bits per heavy atom. The normalized spacial score (nSPS) is 10.6. The van der Waals surface area contributed by atoms with Crippen LogP contribution in [-0.2, 0) is 0 Å². The molecule has 0 unspecified atom stereocenters. The third-order valence-electron chi connectivity index (χ3n) is 4.23. The first-order valence-electron chi connectivity index (χ1n) is 8.37. The molecule has 0 bridgehead atoms. The zero-order chi connectivity index (χ0) is 17.5. The lowest BCUT2D eigenvalue weighted by molar-refractivity contribution is 0.0952. The molecule has 2 nitrogen and oxygen atoms in total. The molecule has 3 aromatic rings. The van der Waals surface area contributed by atoms with Gasteiger partial charge in [-0.25, -0.2) is 4.39 Å². The van der Waals surface area contributed by atoms with E-state index in [1.54, 1.807) is 0 Å². The van der Waals surface area contributed by atoms with Crippen molar-refractivity contribution in [3.63, 3.8) is 0 Å². The largest absolute Gasteiger partial charge is 0.352 e. The lowest BCUT2D eigenvalue weighted by Crippen LogP contribution is -2.25. The van der Waals surface area contributed by atoms with E-state index in [4.69, 9.17) is 0 Å². The second kappa shape index (κ2) is 8.25. The fourth-order valence-electron chi connectivity index (χ4n) is 2.93. The van der Waals surface area contributed by atoms with Gasteiger partial charge in [-0.1, -0.05) is 60.7 Å². The zero-order valence-corrected chi connectivity index (χ0v) is 13.9. The molecule has 0 aliphatic carbocycles. The van der Waals surface area contributed by atoms with Gasteiger partial charge in [0.1, 0.15) is 5.82 Å². The number of amides is 1. The van der Waals surface area contributed by atoms with Gasteiger partial charge in [0.15, 0.2) is 0 Å². The Labute approximate surface area is 147 Å². The number of rotatable bonds is 6. The third kappa shape index (κ3) is 4.54. The van der Waals surface area contributed by atoms with Crippen molar-refractivity contribution in [3.05, 3.63) is 107 Å². The van der Waals surface area contributed by atoms with Crippen LogP contribution in [-0.4, -0.2) is 12.5 Å². The monoisotopic (exact) mass is 333 g/mol. The molecule has 3 rings (SSSR count). The van der Waals surface area contributed by atoms with Gasteiger partial charge in [-0.2, -0.15) is 0 Å². The van der Waals surface area contributed by atoms with Gasteiger partial charge < -0.3 is 5.32 Å². The summed E-state index contributed by atoms with van der Waals surface area (Å²) in [5, 5.41) is 2.93. The Bertz CT molecular complexity index is 761. The average Bonchev–Trinajstić information content (AvgIpc) is 2.67. The predicted octanol–water partition coefficient (Wildman–Crippen LogP) is 4.78. The van der Waals surface area contributed by atoms with Gasteiger partial charge in [-0.05, 0) is 41.8 Å². The van der Waals surface area contributed by atoms with Crippen molar-refractivity contribution in [2.24, 2.45) is 0 Å². The van der Waals surface area contributed by atoms with E-state index in [0.717, 1.165) is 6.42 Å². The van der Waals surface area contributed by atoms with Gasteiger partial charge in [-0.3, -0.25) is 4.79 Å². The number of carbonyl (C=O) groups excluding carboxylic acids is 1. The minimum absolute atomic E-state index is 0.181. The third-order valence-corrected chi connectivity index (χ3v) is 4.23. The van der Waals surface area contributed by atoms with Crippen LogP contribution in [0.2, 0.25) is 0 Å². The van der Waals surface area contributed by atoms with Gasteiger partial charge in [0.2, 0.25) is 0 Å². The molecule has 0 aliphatic heterocycles. The fraction of sp³-hybridized carbons (Fsp3) is 0.136. The number of benzene rings is 3. The summed E-state index contributed by atoms with van der Waals surface area (Å²) in [5.41, 5.74) is 2.92. The van der Waals surface area contributed by atoms with Gasteiger partial charge in [0.25, 0.3) is 5.91 Å². The standard InChI is InChI=1S/C22H20FNO/c23-20-13-11-19(12-14-20)22(25)24-16-15-21(17-7-3-1-4-8-17)18-9-5-2-6-10-18/h1-14,21H,15-16H2,(H,24,25). The highest BCUT2D eigenvalue weighted by Gasteiger charge is 2.14. The second-order valence-electron chi connectivity index (χ2n) is 5.93. The van der Waals surface area contributed by atoms with Crippen molar-refractivity contribution in [2.75, 3.05) is 6.54 Å². The SMILES string of the molecule is O=C(NCCC(c1ccccc1)c1ccccc1)c1ccc(F)cc1. The zero-order valence-electron chi connectivity index (χ0n) is 13.9. The molecular weight excluding hydrogens is 313 g/mol. The topological polar surface area (TPSA) is 29.1 Å². The maximum atomic E-state index is 13.0. The van der Waals surface area contributed by atoms with Crippen LogP contribution in [0, 0.1) is 5.82 Å². The molecule has 126 valence electrons. The molecule has 0 radical (unpaired) electrons. The summed E-state index contributed by atoms with van der Waals surface area (Å²) in [6.07, 6.45) is 0.793. The number of nitrogens with one attached hydrogen (secondary N) is 1. The smallest absolute Gasteiger partial charge is 0.251 e. The first-order valence-corrected chi connectivity index (χ1v) is 8.37. The van der Waals surface area contributed by atoms with E-state index in [2.05, 4.69) is 29.6 Å². The molecule has 1 N–H and O–H groups in total. The highest BCUT2D eigenvalue weighted by Crippen LogP contribution is 2.27. The summed E-state index contributed by atoms with van der Waals surface area (Å²) < 4.78 is 13.0. The number of hydrogen-bond acceptors (Lipinski definition) is 1. The van der Waals surface area contributed by atoms with Crippen LogP contribution < -0.4 is 5.32 Å². The Balaban J connectivity index is 1.67. The van der Waals surface area contributed by atoms with Crippen molar-refractivity contribution in [1.82, 2.24) is 5.32 Å². The number of hydrogen-bond donors (Lipinski definition) is 1. The van der Waals surface area contributed by atoms with Crippen molar-refractivity contribution in [3.8, 4) is 0 Å². The molecule has 0 fully saturated rings. The molecule has 25 heavy (non-hydrogen) atoms. The summed E-state index contributed by atoms with van der Waals surface area (Å²) in [7, 11) is 0. The lowest BCUT2D eigenvalue weighted by Gasteiger charge is -2.18. The Morgan fingerprint density at radius 3 is 1.84 bits per heavy atom. The summed E-state index contributed by atoms with van der Waals surface area (Å²) in [6.45, 7) is 0.546. The fourth-order valence-corrected chi connectivity index (χ4v) is 2.93. The van der Waals surface area contributed by atoms with E-state index in [-0.39, 0.29) is 17.6 Å². The highest BCUT2D eigenvalue weighted by molar-refractivity contribution is 5.94. The minimum Gasteiger partial charge on any atom is -0.352 e. The maximum absolute atomic E-state index is 13.0. The summed E-state index contributed by atoms with van der Waals surface area (Å²) in [4.78, 5) is 12.2. The van der Waals surface area contributed by atoms with Crippen LogP contribution in [0.3, 0.4) is 0 Å². The van der Waals surface area contributed by atoms with Crippen molar-refractivity contribution >= 4 is 5.91 Å². The van der Waals surface area contributed by atoms with Crippen LogP contribution in [0.4, 0.5) is 4.39 Å². The predicted molar refractivity (Wildman–Crippen MR) is 98.1 cm³/mol. The van der Waals surface area contributed by atoms with E-state index in [1.165, 1.54) is 35.4 Å². The van der Waals surface area contributed by atoms with E-state index in [1.807, 2.05) is 36.4 Å². The Morgan fingerprint density at radius 2 is 1.32 bits per heavy atom. The first kappa shape index (κ1) is 16.9.